The molecule has 2 aromatic carbocycles. The summed E-state index contributed by atoms with van der Waals surface area (Å²) in [6.45, 7) is 7.39. The van der Waals surface area contributed by atoms with Gasteiger partial charge in [0.15, 0.2) is 6.61 Å². The Labute approximate surface area is 149 Å². The number of benzene rings is 2. The molecule has 1 saturated heterocycles. The summed E-state index contributed by atoms with van der Waals surface area (Å²) in [6.07, 6.45) is 2.57. The zero-order valence-corrected chi connectivity index (χ0v) is 15.0. The molecule has 4 heteroatoms. The van der Waals surface area contributed by atoms with Gasteiger partial charge in [-0.1, -0.05) is 18.2 Å². The molecule has 0 unspecified atom stereocenters. The Kier molecular flexibility index (Phi) is 5.71. The van der Waals surface area contributed by atoms with Gasteiger partial charge in [-0.15, -0.1) is 0 Å². The first-order chi connectivity index (χ1) is 12.1. The summed E-state index contributed by atoms with van der Waals surface area (Å²) in [5.74, 6) is 0.581. The number of carbonyl (C=O) groups is 1. The van der Waals surface area contributed by atoms with E-state index in [0.717, 1.165) is 23.5 Å². The average molecular weight is 338 g/mol. The number of ether oxygens (including phenoxy) is 1. The van der Waals surface area contributed by atoms with Crippen LogP contribution in [0.25, 0.3) is 0 Å². The van der Waals surface area contributed by atoms with Crippen LogP contribution in [0.15, 0.2) is 42.5 Å². The van der Waals surface area contributed by atoms with Crippen molar-refractivity contribution in [1.82, 2.24) is 4.90 Å². The molecular formula is C21H26N2O2. The molecule has 1 N–H and O–H groups in total. The van der Waals surface area contributed by atoms with Crippen LogP contribution in [0.1, 0.15) is 29.5 Å². The van der Waals surface area contributed by atoms with Gasteiger partial charge in [0.1, 0.15) is 5.75 Å². The lowest BCUT2D eigenvalue weighted by Gasteiger charge is -2.15. The third kappa shape index (κ3) is 5.07. The quantitative estimate of drug-likeness (QED) is 0.868. The summed E-state index contributed by atoms with van der Waals surface area (Å²) in [5.41, 5.74) is 4.43. The number of likely N-dealkylation sites (tertiary alicyclic amines) is 1. The molecule has 1 amide bonds. The molecule has 1 heterocycles. The van der Waals surface area contributed by atoms with Crippen LogP contribution in [0.4, 0.5) is 5.69 Å². The number of nitrogens with zero attached hydrogens (tertiary/aromatic N) is 1. The maximum absolute atomic E-state index is 12.1. The summed E-state index contributed by atoms with van der Waals surface area (Å²) < 4.78 is 5.59. The van der Waals surface area contributed by atoms with Crippen molar-refractivity contribution in [3.8, 4) is 5.75 Å². The van der Waals surface area contributed by atoms with Gasteiger partial charge in [0, 0.05) is 12.2 Å². The summed E-state index contributed by atoms with van der Waals surface area (Å²) in [5, 5.41) is 2.92. The van der Waals surface area contributed by atoms with Crippen molar-refractivity contribution in [3.05, 3.63) is 59.2 Å². The molecule has 0 radical (unpaired) electrons. The number of aryl methyl sites for hydroxylation is 2. The highest BCUT2D eigenvalue weighted by Crippen LogP contribution is 2.18. The predicted octanol–water partition coefficient (Wildman–Crippen LogP) is 3.92. The van der Waals surface area contributed by atoms with E-state index < -0.39 is 0 Å². The monoisotopic (exact) mass is 338 g/mol. The molecule has 2 aromatic rings. The number of nitrogens with one attached hydrogen (secondary N) is 1. The summed E-state index contributed by atoms with van der Waals surface area (Å²) in [7, 11) is 0. The zero-order chi connectivity index (χ0) is 17.6. The third-order valence-electron chi connectivity index (χ3n) is 4.66. The minimum absolute atomic E-state index is 0.0128. The van der Waals surface area contributed by atoms with Crippen LogP contribution in [0, 0.1) is 13.8 Å². The lowest BCUT2D eigenvalue weighted by molar-refractivity contribution is -0.118. The van der Waals surface area contributed by atoms with Crippen LogP contribution in [-0.2, 0) is 11.3 Å². The minimum Gasteiger partial charge on any atom is -0.484 e. The summed E-state index contributed by atoms with van der Waals surface area (Å²) in [6, 6.07) is 13.9. The van der Waals surface area contributed by atoms with E-state index >= 15 is 0 Å². The first kappa shape index (κ1) is 17.5. The Morgan fingerprint density at radius 2 is 1.88 bits per heavy atom. The SMILES string of the molecule is Cc1ccc(OCC(=O)Nc2cccc(CN3CCCC3)c2)cc1C. The number of hydrogen-bond acceptors (Lipinski definition) is 3. The largest absolute Gasteiger partial charge is 0.484 e. The van der Waals surface area contributed by atoms with Crippen LogP contribution in [-0.4, -0.2) is 30.5 Å². The van der Waals surface area contributed by atoms with Gasteiger partial charge in [0.2, 0.25) is 0 Å². The Balaban J connectivity index is 1.52. The lowest BCUT2D eigenvalue weighted by atomic mass is 10.1. The minimum atomic E-state index is -0.142. The molecule has 0 spiro atoms. The molecule has 4 nitrogen and oxygen atoms in total. The van der Waals surface area contributed by atoms with E-state index in [2.05, 4.69) is 23.2 Å². The van der Waals surface area contributed by atoms with E-state index in [1.165, 1.54) is 37.1 Å². The zero-order valence-electron chi connectivity index (χ0n) is 15.0. The normalized spacial score (nSPS) is 14.5. The number of carbonyl (C=O) groups excluding carboxylic acids is 1. The molecule has 3 rings (SSSR count). The topological polar surface area (TPSA) is 41.6 Å². The molecule has 1 aliphatic heterocycles. The fourth-order valence-electron chi connectivity index (χ4n) is 3.10. The Hall–Kier alpha value is -2.33. The van der Waals surface area contributed by atoms with Crippen molar-refractivity contribution in [1.29, 1.82) is 0 Å². The molecule has 0 aromatic heterocycles. The molecule has 0 saturated carbocycles. The molecule has 0 aliphatic carbocycles. The standard InChI is InChI=1S/C21H26N2O2/c1-16-8-9-20(12-17(16)2)25-15-21(24)22-19-7-5-6-18(13-19)14-23-10-3-4-11-23/h5-9,12-13H,3-4,10-11,14-15H2,1-2H3,(H,22,24). The van der Waals surface area contributed by atoms with Crippen molar-refractivity contribution >= 4 is 11.6 Å². The number of anilines is 1. The summed E-state index contributed by atoms with van der Waals surface area (Å²) in [4.78, 5) is 14.6. The van der Waals surface area contributed by atoms with Gasteiger partial charge in [-0.3, -0.25) is 9.69 Å². The fraction of sp³-hybridized carbons (Fsp3) is 0.381. The molecule has 1 fully saturated rings. The first-order valence-electron chi connectivity index (χ1n) is 8.91. The second-order valence-electron chi connectivity index (χ2n) is 6.77. The molecule has 0 atom stereocenters. The maximum atomic E-state index is 12.1. The Bertz CT molecular complexity index is 736. The van der Waals surface area contributed by atoms with Crippen LogP contribution < -0.4 is 10.1 Å². The molecule has 0 bridgehead atoms. The van der Waals surface area contributed by atoms with E-state index in [4.69, 9.17) is 4.74 Å². The van der Waals surface area contributed by atoms with Gasteiger partial charge in [-0.2, -0.15) is 0 Å². The third-order valence-corrected chi connectivity index (χ3v) is 4.66. The van der Waals surface area contributed by atoms with E-state index in [0.29, 0.717) is 0 Å². The molecule has 1 aliphatic rings. The van der Waals surface area contributed by atoms with Crippen molar-refractivity contribution in [2.45, 2.75) is 33.2 Å². The predicted molar refractivity (Wildman–Crippen MR) is 101 cm³/mol. The van der Waals surface area contributed by atoms with Gasteiger partial charge in [0.25, 0.3) is 5.91 Å². The average Bonchev–Trinajstić information content (AvgIpc) is 3.09. The van der Waals surface area contributed by atoms with E-state index in [1.807, 2.05) is 43.3 Å². The van der Waals surface area contributed by atoms with Gasteiger partial charge < -0.3 is 10.1 Å². The van der Waals surface area contributed by atoms with Crippen molar-refractivity contribution in [2.24, 2.45) is 0 Å². The summed E-state index contributed by atoms with van der Waals surface area (Å²) >= 11 is 0. The molecular weight excluding hydrogens is 312 g/mol. The van der Waals surface area contributed by atoms with Gasteiger partial charge in [0.05, 0.1) is 0 Å². The number of rotatable bonds is 6. The van der Waals surface area contributed by atoms with Crippen molar-refractivity contribution in [2.75, 3.05) is 25.0 Å². The van der Waals surface area contributed by atoms with Crippen LogP contribution in [0.3, 0.4) is 0 Å². The van der Waals surface area contributed by atoms with Gasteiger partial charge >= 0.3 is 0 Å². The molecule has 25 heavy (non-hydrogen) atoms. The van der Waals surface area contributed by atoms with E-state index in [1.54, 1.807) is 0 Å². The second-order valence-corrected chi connectivity index (χ2v) is 6.77. The number of amides is 1. The second kappa shape index (κ2) is 8.17. The van der Waals surface area contributed by atoms with Crippen LogP contribution in [0.2, 0.25) is 0 Å². The van der Waals surface area contributed by atoms with E-state index in [-0.39, 0.29) is 12.5 Å². The molecule has 132 valence electrons. The van der Waals surface area contributed by atoms with E-state index in [9.17, 15) is 4.79 Å². The van der Waals surface area contributed by atoms with Crippen LogP contribution in [0.5, 0.6) is 5.75 Å². The van der Waals surface area contributed by atoms with Crippen molar-refractivity contribution in [3.63, 3.8) is 0 Å². The fourth-order valence-corrected chi connectivity index (χ4v) is 3.10. The highest BCUT2D eigenvalue weighted by molar-refractivity contribution is 5.91. The maximum Gasteiger partial charge on any atom is 0.262 e. The van der Waals surface area contributed by atoms with Gasteiger partial charge in [-0.25, -0.2) is 0 Å². The van der Waals surface area contributed by atoms with Crippen molar-refractivity contribution < 1.29 is 9.53 Å². The van der Waals surface area contributed by atoms with Gasteiger partial charge in [-0.05, 0) is 80.7 Å². The number of hydrogen-bond donors (Lipinski definition) is 1. The highest BCUT2D eigenvalue weighted by atomic mass is 16.5. The van der Waals surface area contributed by atoms with Crippen LogP contribution >= 0.6 is 0 Å². The smallest absolute Gasteiger partial charge is 0.262 e. The highest BCUT2D eigenvalue weighted by Gasteiger charge is 2.12. The lowest BCUT2D eigenvalue weighted by Crippen LogP contribution is -2.21. The Morgan fingerprint density at radius 3 is 2.64 bits per heavy atom. The Morgan fingerprint density at radius 1 is 1.08 bits per heavy atom. The first-order valence-corrected chi connectivity index (χ1v) is 8.91.